The predicted octanol–water partition coefficient (Wildman–Crippen LogP) is -0.597. The Morgan fingerprint density at radius 3 is 2.06 bits per heavy atom. The molecule has 0 radical (unpaired) electrons. The van der Waals surface area contributed by atoms with Gasteiger partial charge in [-0.2, -0.15) is 0 Å². The van der Waals surface area contributed by atoms with Gasteiger partial charge in [-0.1, -0.05) is 13.8 Å². The first-order chi connectivity index (χ1) is 7.99. The van der Waals surface area contributed by atoms with Crippen molar-refractivity contribution in [2.45, 2.75) is 13.8 Å². The standard InChI is InChI=1S/C9H19NO6S2/c1-4-10(7-8(2)9(11)12)18(15,16)6-5-17(3,13)14/h8H,4-7H2,1-3H3,(H,11,12). The lowest BCUT2D eigenvalue weighted by Gasteiger charge is -2.22. The van der Waals surface area contributed by atoms with Gasteiger partial charge in [0.15, 0.2) is 0 Å². The lowest BCUT2D eigenvalue weighted by atomic mass is 10.2. The third kappa shape index (κ3) is 6.31. The molecule has 9 heteroatoms. The number of carboxylic acids is 1. The minimum absolute atomic E-state index is 0.115. The molecule has 0 aromatic rings. The summed E-state index contributed by atoms with van der Waals surface area (Å²) in [5.74, 6) is -2.91. The van der Waals surface area contributed by atoms with Crippen molar-refractivity contribution in [3.63, 3.8) is 0 Å². The molecule has 0 saturated carbocycles. The first-order valence-corrected chi connectivity index (χ1v) is 9.05. The fourth-order valence-electron chi connectivity index (χ4n) is 1.21. The zero-order valence-corrected chi connectivity index (χ0v) is 12.3. The lowest BCUT2D eigenvalue weighted by Crippen LogP contribution is -2.39. The van der Waals surface area contributed by atoms with Gasteiger partial charge in [0, 0.05) is 19.3 Å². The van der Waals surface area contributed by atoms with Crippen LogP contribution in [0.15, 0.2) is 0 Å². The number of carboxylic acid groups (broad SMARTS) is 1. The number of aliphatic carboxylic acids is 1. The molecule has 0 spiro atoms. The van der Waals surface area contributed by atoms with E-state index in [-0.39, 0.29) is 13.1 Å². The van der Waals surface area contributed by atoms with Crippen molar-refractivity contribution in [2.75, 3.05) is 30.9 Å². The number of carbonyl (C=O) groups is 1. The fraction of sp³-hybridized carbons (Fsp3) is 0.889. The molecule has 0 aromatic carbocycles. The molecule has 0 aromatic heterocycles. The summed E-state index contributed by atoms with van der Waals surface area (Å²) in [6.45, 7) is 2.94. The van der Waals surface area contributed by atoms with E-state index >= 15 is 0 Å². The van der Waals surface area contributed by atoms with Crippen LogP contribution in [0.25, 0.3) is 0 Å². The number of rotatable bonds is 8. The van der Waals surface area contributed by atoms with Gasteiger partial charge in [0.2, 0.25) is 10.0 Å². The molecule has 108 valence electrons. The van der Waals surface area contributed by atoms with Crippen LogP contribution in [0.4, 0.5) is 0 Å². The van der Waals surface area contributed by atoms with Gasteiger partial charge in [0.1, 0.15) is 9.84 Å². The quantitative estimate of drug-likeness (QED) is 0.641. The molecular weight excluding hydrogens is 282 g/mol. The molecule has 0 aliphatic rings. The van der Waals surface area contributed by atoms with Crippen LogP contribution in [0, 0.1) is 5.92 Å². The monoisotopic (exact) mass is 301 g/mol. The Morgan fingerprint density at radius 1 is 1.22 bits per heavy atom. The molecule has 0 heterocycles. The Kier molecular flexibility index (Phi) is 6.24. The van der Waals surface area contributed by atoms with E-state index in [1.54, 1.807) is 6.92 Å². The maximum atomic E-state index is 11.8. The van der Waals surface area contributed by atoms with Crippen LogP contribution in [-0.2, 0) is 24.7 Å². The van der Waals surface area contributed by atoms with E-state index in [0.29, 0.717) is 0 Å². The molecule has 0 bridgehead atoms. The zero-order chi connectivity index (χ0) is 14.6. The van der Waals surface area contributed by atoms with Crippen LogP contribution < -0.4 is 0 Å². The summed E-state index contributed by atoms with van der Waals surface area (Å²) in [4.78, 5) is 10.7. The van der Waals surface area contributed by atoms with E-state index in [0.717, 1.165) is 10.6 Å². The molecule has 0 rings (SSSR count). The second-order valence-electron chi connectivity index (χ2n) is 4.14. The highest BCUT2D eigenvalue weighted by atomic mass is 32.2. The Morgan fingerprint density at radius 2 is 1.72 bits per heavy atom. The van der Waals surface area contributed by atoms with E-state index in [1.165, 1.54) is 6.92 Å². The van der Waals surface area contributed by atoms with Crippen LogP contribution in [0.1, 0.15) is 13.8 Å². The van der Waals surface area contributed by atoms with Crippen LogP contribution in [0.5, 0.6) is 0 Å². The molecule has 0 saturated heterocycles. The normalized spacial score (nSPS) is 14.7. The maximum absolute atomic E-state index is 11.8. The van der Waals surface area contributed by atoms with E-state index in [9.17, 15) is 21.6 Å². The van der Waals surface area contributed by atoms with Crippen LogP contribution in [-0.4, -0.2) is 63.1 Å². The fourth-order valence-corrected chi connectivity index (χ4v) is 4.36. The highest BCUT2D eigenvalue weighted by Crippen LogP contribution is 2.07. The molecule has 0 amide bonds. The third-order valence-corrected chi connectivity index (χ3v) is 5.48. The lowest BCUT2D eigenvalue weighted by molar-refractivity contribution is -0.141. The average molecular weight is 301 g/mol. The Balaban J connectivity index is 4.78. The number of hydrogen-bond acceptors (Lipinski definition) is 5. The zero-order valence-electron chi connectivity index (χ0n) is 10.7. The molecule has 0 aliphatic heterocycles. The molecule has 18 heavy (non-hydrogen) atoms. The van der Waals surface area contributed by atoms with Crippen molar-refractivity contribution in [3.05, 3.63) is 0 Å². The van der Waals surface area contributed by atoms with Gasteiger partial charge in [-0.15, -0.1) is 0 Å². The Hall–Kier alpha value is -0.670. The number of sulfone groups is 1. The van der Waals surface area contributed by atoms with Crippen molar-refractivity contribution >= 4 is 25.8 Å². The summed E-state index contributed by atoms with van der Waals surface area (Å²) in [6.07, 6.45) is 0.957. The van der Waals surface area contributed by atoms with Crippen molar-refractivity contribution < 1.29 is 26.7 Å². The van der Waals surface area contributed by atoms with Crippen molar-refractivity contribution in [1.29, 1.82) is 0 Å². The summed E-state index contributed by atoms with van der Waals surface area (Å²) in [5.41, 5.74) is 0. The number of hydrogen-bond donors (Lipinski definition) is 1. The number of nitrogens with zero attached hydrogens (tertiary/aromatic N) is 1. The summed E-state index contributed by atoms with van der Waals surface area (Å²) >= 11 is 0. The Labute approximate surface area is 108 Å². The van der Waals surface area contributed by atoms with Gasteiger partial charge in [-0.05, 0) is 0 Å². The molecule has 1 N–H and O–H groups in total. The van der Waals surface area contributed by atoms with Gasteiger partial charge in [-0.3, -0.25) is 4.79 Å². The number of sulfonamides is 1. The summed E-state index contributed by atoms with van der Waals surface area (Å²) in [6, 6.07) is 0. The van der Waals surface area contributed by atoms with Gasteiger partial charge in [-0.25, -0.2) is 21.1 Å². The molecule has 0 fully saturated rings. The van der Waals surface area contributed by atoms with Crippen molar-refractivity contribution in [2.24, 2.45) is 5.92 Å². The van der Waals surface area contributed by atoms with Crippen LogP contribution in [0.2, 0.25) is 0 Å². The molecule has 1 atom stereocenters. The second-order valence-corrected chi connectivity index (χ2v) is 8.48. The van der Waals surface area contributed by atoms with Gasteiger partial charge >= 0.3 is 5.97 Å². The highest BCUT2D eigenvalue weighted by molar-refractivity contribution is 7.93. The molecule has 7 nitrogen and oxygen atoms in total. The smallest absolute Gasteiger partial charge is 0.307 e. The summed E-state index contributed by atoms with van der Waals surface area (Å²) in [5, 5.41) is 8.73. The van der Waals surface area contributed by atoms with E-state index in [2.05, 4.69) is 0 Å². The van der Waals surface area contributed by atoms with Gasteiger partial charge in [0.05, 0.1) is 17.4 Å². The Bertz CT molecular complexity index is 481. The largest absolute Gasteiger partial charge is 0.481 e. The maximum Gasteiger partial charge on any atom is 0.307 e. The van der Waals surface area contributed by atoms with E-state index in [4.69, 9.17) is 5.11 Å². The van der Waals surface area contributed by atoms with Crippen LogP contribution >= 0.6 is 0 Å². The SMILES string of the molecule is CCN(CC(C)C(=O)O)S(=O)(=O)CCS(C)(=O)=O. The summed E-state index contributed by atoms with van der Waals surface area (Å²) in [7, 11) is -7.11. The van der Waals surface area contributed by atoms with Gasteiger partial charge in [0.25, 0.3) is 0 Å². The van der Waals surface area contributed by atoms with Crippen molar-refractivity contribution in [3.8, 4) is 0 Å². The third-order valence-electron chi connectivity index (χ3n) is 2.36. The molecular formula is C9H19NO6S2. The van der Waals surface area contributed by atoms with E-state index in [1.807, 2.05) is 0 Å². The first-order valence-electron chi connectivity index (χ1n) is 5.38. The molecule has 0 aliphatic carbocycles. The first kappa shape index (κ1) is 17.3. The summed E-state index contributed by atoms with van der Waals surface area (Å²) < 4.78 is 46.6. The topological polar surface area (TPSA) is 109 Å². The van der Waals surface area contributed by atoms with Crippen LogP contribution in [0.3, 0.4) is 0 Å². The van der Waals surface area contributed by atoms with Gasteiger partial charge < -0.3 is 5.11 Å². The average Bonchev–Trinajstić information content (AvgIpc) is 2.21. The second kappa shape index (κ2) is 6.48. The van der Waals surface area contributed by atoms with E-state index < -0.39 is 43.3 Å². The minimum Gasteiger partial charge on any atom is -0.481 e. The highest BCUT2D eigenvalue weighted by Gasteiger charge is 2.25. The predicted molar refractivity (Wildman–Crippen MR) is 67.5 cm³/mol. The van der Waals surface area contributed by atoms with Crippen molar-refractivity contribution in [1.82, 2.24) is 4.31 Å². The molecule has 1 unspecified atom stereocenters. The minimum atomic E-state index is -3.74.